The van der Waals surface area contributed by atoms with Crippen molar-refractivity contribution in [3.8, 4) is 0 Å². The lowest BCUT2D eigenvalue weighted by Crippen LogP contribution is -2.53. The van der Waals surface area contributed by atoms with Crippen molar-refractivity contribution in [2.24, 2.45) is 11.7 Å². The minimum atomic E-state index is 0.177. The molecule has 0 saturated carbocycles. The van der Waals surface area contributed by atoms with E-state index in [1.807, 2.05) is 6.07 Å². The molecule has 2 heteroatoms. The molecule has 0 bridgehead atoms. The Morgan fingerprint density at radius 3 is 2.43 bits per heavy atom. The summed E-state index contributed by atoms with van der Waals surface area (Å²) in [6.07, 6.45) is 0. The lowest BCUT2D eigenvalue weighted by atomic mass is 9.69. The fourth-order valence-corrected chi connectivity index (χ4v) is 2.05. The van der Waals surface area contributed by atoms with Crippen molar-refractivity contribution < 1.29 is 4.74 Å². The van der Waals surface area contributed by atoms with Crippen LogP contribution in [0.15, 0.2) is 30.3 Å². The van der Waals surface area contributed by atoms with E-state index in [0.29, 0.717) is 5.92 Å². The van der Waals surface area contributed by atoms with E-state index in [4.69, 9.17) is 10.5 Å². The van der Waals surface area contributed by atoms with Crippen LogP contribution in [-0.2, 0) is 10.2 Å². The van der Waals surface area contributed by atoms with Crippen molar-refractivity contribution >= 4 is 0 Å². The zero-order chi connectivity index (χ0) is 10.0. The van der Waals surface area contributed by atoms with Crippen LogP contribution in [0.5, 0.6) is 0 Å². The van der Waals surface area contributed by atoms with Crippen LogP contribution in [0.1, 0.15) is 12.5 Å². The van der Waals surface area contributed by atoms with Gasteiger partial charge >= 0.3 is 0 Å². The molecule has 2 N–H and O–H groups in total. The molecule has 14 heavy (non-hydrogen) atoms. The highest BCUT2D eigenvalue weighted by Crippen LogP contribution is 2.38. The summed E-state index contributed by atoms with van der Waals surface area (Å²) in [5.41, 5.74) is 7.29. The van der Waals surface area contributed by atoms with Crippen LogP contribution in [-0.4, -0.2) is 19.8 Å². The molecule has 1 atom stereocenters. The maximum Gasteiger partial charge on any atom is 0.0588 e. The fourth-order valence-electron chi connectivity index (χ4n) is 2.05. The van der Waals surface area contributed by atoms with Gasteiger partial charge in [-0.3, -0.25) is 0 Å². The van der Waals surface area contributed by atoms with Gasteiger partial charge in [0.1, 0.15) is 0 Å². The maximum atomic E-state index is 5.75. The van der Waals surface area contributed by atoms with E-state index in [0.717, 1.165) is 19.8 Å². The molecule has 0 aromatic heterocycles. The molecule has 2 nitrogen and oxygen atoms in total. The molecule has 1 heterocycles. The van der Waals surface area contributed by atoms with E-state index in [-0.39, 0.29) is 5.41 Å². The molecule has 0 amide bonds. The van der Waals surface area contributed by atoms with Crippen LogP contribution in [0, 0.1) is 5.92 Å². The molecule has 0 radical (unpaired) electrons. The standard InChI is InChI=1S/C12H17NO/c1-10(7-13)12(8-14-9-12)11-5-3-2-4-6-11/h2-6,10H,7-9,13H2,1H3. The summed E-state index contributed by atoms with van der Waals surface area (Å²) in [6.45, 7) is 4.55. The quantitative estimate of drug-likeness (QED) is 0.786. The van der Waals surface area contributed by atoms with Crippen molar-refractivity contribution in [1.82, 2.24) is 0 Å². The molecule has 1 fully saturated rings. The highest BCUT2D eigenvalue weighted by molar-refractivity contribution is 5.29. The molecule has 0 spiro atoms. The Balaban J connectivity index is 2.29. The van der Waals surface area contributed by atoms with Crippen LogP contribution < -0.4 is 5.73 Å². The van der Waals surface area contributed by atoms with Gasteiger partial charge in [-0.05, 0) is 18.0 Å². The largest absolute Gasteiger partial charge is 0.379 e. The summed E-state index contributed by atoms with van der Waals surface area (Å²) in [5, 5.41) is 0. The molecule has 76 valence electrons. The summed E-state index contributed by atoms with van der Waals surface area (Å²) in [5.74, 6) is 0.485. The molecule has 1 aliphatic rings. The molecule has 1 saturated heterocycles. The van der Waals surface area contributed by atoms with Crippen LogP contribution in [0.3, 0.4) is 0 Å². The summed E-state index contributed by atoms with van der Waals surface area (Å²) >= 11 is 0. The van der Waals surface area contributed by atoms with Crippen LogP contribution in [0.2, 0.25) is 0 Å². The van der Waals surface area contributed by atoms with E-state index in [1.54, 1.807) is 0 Å². The van der Waals surface area contributed by atoms with Crippen LogP contribution in [0.25, 0.3) is 0 Å². The van der Waals surface area contributed by atoms with Crippen molar-refractivity contribution in [2.45, 2.75) is 12.3 Å². The average molecular weight is 191 g/mol. The minimum Gasteiger partial charge on any atom is -0.379 e. The first-order valence-corrected chi connectivity index (χ1v) is 5.13. The van der Waals surface area contributed by atoms with E-state index in [9.17, 15) is 0 Å². The third kappa shape index (κ3) is 1.35. The van der Waals surface area contributed by atoms with Gasteiger partial charge in [-0.1, -0.05) is 37.3 Å². The molecular formula is C12H17NO. The Bertz CT molecular complexity index is 292. The monoisotopic (exact) mass is 191 g/mol. The van der Waals surface area contributed by atoms with Gasteiger partial charge in [-0.25, -0.2) is 0 Å². The summed E-state index contributed by atoms with van der Waals surface area (Å²) in [7, 11) is 0. The number of rotatable bonds is 3. The van der Waals surface area contributed by atoms with Gasteiger partial charge in [0, 0.05) is 5.41 Å². The second kappa shape index (κ2) is 3.71. The molecule has 1 aliphatic heterocycles. The fraction of sp³-hybridized carbons (Fsp3) is 0.500. The van der Waals surface area contributed by atoms with Gasteiger partial charge in [0.05, 0.1) is 13.2 Å². The number of ether oxygens (including phenoxy) is 1. The van der Waals surface area contributed by atoms with Gasteiger partial charge in [-0.15, -0.1) is 0 Å². The molecule has 2 rings (SSSR count). The summed E-state index contributed by atoms with van der Waals surface area (Å²) in [4.78, 5) is 0. The Morgan fingerprint density at radius 1 is 1.36 bits per heavy atom. The van der Waals surface area contributed by atoms with Crippen molar-refractivity contribution in [3.05, 3.63) is 35.9 Å². The van der Waals surface area contributed by atoms with Crippen LogP contribution in [0.4, 0.5) is 0 Å². The Kier molecular flexibility index (Phi) is 2.57. The lowest BCUT2D eigenvalue weighted by Gasteiger charge is -2.46. The topological polar surface area (TPSA) is 35.2 Å². The minimum absolute atomic E-state index is 0.177. The smallest absolute Gasteiger partial charge is 0.0588 e. The average Bonchev–Trinajstić information content (AvgIpc) is 2.17. The zero-order valence-electron chi connectivity index (χ0n) is 8.57. The maximum absolute atomic E-state index is 5.75. The zero-order valence-corrected chi connectivity index (χ0v) is 8.57. The number of hydrogen-bond donors (Lipinski definition) is 1. The predicted molar refractivity (Wildman–Crippen MR) is 57.2 cm³/mol. The Hall–Kier alpha value is -0.860. The Labute approximate surface area is 85.1 Å². The van der Waals surface area contributed by atoms with Gasteiger partial charge in [-0.2, -0.15) is 0 Å². The third-order valence-electron chi connectivity index (χ3n) is 3.36. The van der Waals surface area contributed by atoms with E-state index in [2.05, 4.69) is 31.2 Å². The van der Waals surface area contributed by atoms with Crippen molar-refractivity contribution in [3.63, 3.8) is 0 Å². The highest BCUT2D eigenvalue weighted by atomic mass is 16.5. The van der Waals surface area contributed by atoms with E-state index in [1.165, 1.54) is 5.56 Å². The second-order valence-electron chi connectivity index (χ2n) is 4.15. The number of nitrogens with two attached hydrogens (primary N) is 1. The first-order chi connectivity index (χ1) is 6.79. The normalized spacial score (nSPS) is 21.3. The van der Waals surface area contributed by atoms with E-state index >= 15 is 0 Å². The first kappa shape index (κ1) is 9.69. The molecule has 1 aromatic carbocycles. The molecule has 1 aromatic rings. The lowest BCUT2D eigenvalue weighted by molar-refractivity contribution is -0.0854. The molecule has 0 aliphatic carbocycles. The molecular weight excluding hydrogens is 174 g/mol. The number of benzene rings is 1. The van der Waals surface area contributed by atoms with Crippen molar-refractivity contribution in [2.75, 3.05) is 19.8 Å². The third-order valence-corrected chi connectivity index (χ3v) is 3.36. The first-order valence-electron chi connectivity index (χ1n) is 5.13. The van der Waals surface area contributed by atoms with Gasteiger partial charge in [0.15, 0.2) is 0 Å². The van der Waals surface area contributed by atoms with Gasteiger partial charge in [0.25, 0.3) is 0 Å². The summed E-state index contributed by atoms with van der Waals surface area (Å²) < 4.78 is 5.36. The SMILES string of the molecule is CC(CN)C1(c2ccccc2)COC1. The van der Waals surface area contributed by atoms with Crippen LogP contribution >= 0.6 is 0 Å². The number of hydrogen-bond acceptors (Lipinski definition) is 2. The van der Waals surface area contributed by atoms with Gasteiger partial charge in [0.2, 0.25) is 0 Å². The van der Waals surface area contributed by atoms with Crippen molar-refractivity contribution in [1.29, 1.82) is 0 Å². The Morgan fingerprint density at radius 2 is 2.00 bits per heavy atom. The van der Waals surface area contributed by atoms with Gasteiger partial charge < -0.3 is 10.5 Å². The second-order valence-corrected chi connectivity index (χ2v) is 4.15. The molecule has 1 unspecified atom stereocenters. The van der Waals surface area contributed by atoms with E-state index < -0.39 is 0 Å². The predicted octanol–water partition coefficient (Wildman–Crippen LogP) is 1.55. The summed E-state index contributed by atoms with van der Waals surface area (Å²) in [6, 6.07) is 10.6. The highest BCUT2D eigenvalue weighted by Gasteiger charge is 2.44.